The maximum atomic E-state index is 9.31. The van der Waals surface area contributed by atoms with E-state index in [1.54, 1.807) is 0 Å². The van der Waals surface area contributed by atoms with Gasteiger partial charge in [-0.3, -0.25) is 0 Å². The topological polar surface area (TPSA) is 49.7 Å². The zero-order valence-electron chi connectivity index (χ0n) is 6.16. The highest BCUT2D eigenvalue weighted by atomic mass is 16.5. The van der Waals surface area contributed by atoms with Gasteiger partial charge in [0.25, 0.3) is 0 Å². The van der Waals surface area contributed by atoms with Gasteiger partial charge in [0.05, 0.1) is 19.3 Å². The third-order valence-electron chi connectivity index (χ3n) is 2.02. The van der Waals surface area contributed by atoms with Gasteiger partial charge in [-0.05, 0) is 6.42 Å². The Hall–Kier alpha value is -0.120. The van der Waals surface area contributed by atoms with Crippen molar-refractivity contribution in [2.75, 3.05) is 13.2 Å². The molecule has 1 aliphatic rings. The molecule has 1 aliphatic heterocycles. The average molecular weight is 146 g/mol. The minimum Gasteiger partial charge on any atom is -0.390 e. The van der Waals surface area contributed by atoms with Crippen LogP contribution in [0.1, 0.15) is 13.3 Å². The zero-order chi connectivity index (χ0) is 7.56. The van der Waals surface area contributed by atoms with Gasteiger partial charge in [-0.15, -0.1) is 0 Å². The van der Waals surface area contributed by atoms with Gasteiger partial charge in [-0.25, -0.2) is 0 Å². The van der Waals surface area contributed by atoms with Crippen molar-refractivity contribution in [3.63, 3.8) is 0 Å². The second kappa shape index (κ2) is 3.32. The summed E-state index contributed by atoms with van der Waals surface area (Å²) >= 11 is 0. The minimum absolute atomic E-state index is 0.115. The summed E-state index contributed by atoms with van der Waals surface area (Å²) in [5, 5.41) is 18.4. The first-order valence-electron chi connectivity index (χ1n) is 3.69. The van der Waals surface area contributed by atoms with Gasteiger partial charge >= 0.3 is 0 Å². The fourth-order valence-electron chi connectivity index (χ4n) is 1.21. The predicted molar refractivity (Wildman–Crippen MR) is 36.6 cm³/mol. The molecule has 2 N–H and O–H groups in total. The Kier molecular flexibility index (Phi) is 2.65. The Balaban J connectivity index is 2.42. The van der Waals surface area contributed by atoms with Crippen LogP contribution in [-0.4, -0.2) is 35.6 Å². The Morgan fingerprint density at radius 1 is 1.40 bits per heavy atom. The molecule has 10 heavy (non-hydrogen) atoms. The van der Waals surface area contributed by atoms with E-state index < -0.39 is 12.2 Å². The van der Waals surface area contributed by atoms with Crippen LogP contribution in [0.5, 0.6) is 0 Å². The fourth-order valence-corrected chi connectivity index (χ4v) is 1.21. The second-order valence-electron chi connectivity index (χ2n) is 2.76. The lowest BCUT2D eigenvalue weighted by atomic mass is 9.94. The molecule has 1 rings (SSSR count). The van der Waals surface area contributed by atoms with Crippen molar-refractivity contribution < 1.29 is 14.9 Å². The van der Waals surface area contributed by atoms with Gasteiger partial charge in [0, 0.05) is 5.92 Å². The highest BCUT2D eigenvalue weighted by Crippen LogP contribution is 2.17. The number of hydrogen-bond donors (Lipinski definition) is 2. The third-order valence-corrected chi connectivity index (χ3v) is 2.02. The lowest BCUT2D eigenvalue weighted by molar-refractivity contribution is -0.121. The summed E-state index contributed by atoms with van der Waals surface area (Å²) in [5.41, 5.74) is 0. The highest BCUT2D eigenvalue weighted by Gasteiger charge is 2.29. The fraction of sp³-hybridized carbons (Fsp3) is 1.00. The number of ether oxygens (including phenoxy) is 1. The van der Waals surface area contributed by atoms with Crippen molar-refractivity contribution in [1.29, 1.82) is 0 Å². The molecule has 0 spiro atoms. The lowest BCUT2D eigenvalue weighted by Crippen LogP contribution is -2.43. The van der Waals surface area contributed by atoms with E-state index in [2.05, 4.69) is 0 Å². The number of hydrogen-bond acceptors (Lipinski definition) is 3. The molecule has 0 radical (unpaired) electrons. The van der Waals surface area contributed by atoms with Gasteiger partial charge in [-0.1, -0.05) is 6.92 Å². The molecule has 1 heterocycles. The van der Waals surface area contributed by atoms with Crippen LogP contribution in [0.2, 0.25) is 0 Å². The molecule has 0 amide bonds. The Morgan fingerprint density at radius 3 is 2.60 bits per heavy atom. The van der Waals surface area contributed by atoms with Crippen LogP contribution in [0.3, 0.4) is 0 Å². The van der Waals surface area contributed by atoms with Gasteiger partial charge in [0.15, 0.2) is 0 Å². The summed E-state index contributed by atoms with van der Waals surface area (Å²) in [4.78, 5) is 0. The van der Waals surface area contributed by atoms with Gasteiger partial charge in [-0.2, -0.15) is 0 Å². The molecule has 3 nitrogen and oxygen atoms in total. The molecule has 3 heteroatoms. The van der Waals surface area contributed by atoms with Crippen LogP contribution < -0.4 is 0 Å². The van der Waals surface area contributed by atoms with Crippen molar-refractivity contribution >= 4 is 0 Å². The van der Waals surface area contributed by atoms with E-state index in [4.69, 9.17) is 9.84 Å². The molecule has 0 unspecified atom stereocenters. The highest BCUT2D eigenvalue weighted by molar-refractivity contribution is 4.78. The van der Waals surface area contributed by atoms with Crippen molar-refractivity contribution in [2.45, 2.75) is 25.6 Å². The van der Waals surface area contributed by atoms with Crippen LogP contribution in [-0.2, 0) is 4.74 Å². The monoisotopic (exact) mass is 146 g/mol. The van der Waals surface area contributed by atoms with Crippen LogP contribution >= 0.6 is 0 Å². The first-order valence-corrected chi connectivity index (χ1v) is 3.69. The Labute approximate surface area is 60.6 Å². The molecule has 0 aromatic carbocycles. The van der Waals surface area contributed by atoms with Crippen LogP contribution in [0, 0.1) is 5.92 Å². The zero-order valence-corrected chi connectivity index (χ0v) is 6.16. The first-order chi connectivity index (χ1) is 4.75. The predicted octanol–water partition coefficient (Wildman–Crippen LogP) is -0.235. The van der Waals surface area contributed by atoms with Crippen molar-refractivity contribution in [2.24, 2.45) is 5.92 Å². The van der Waals surface area contributed by atoms with E-state index in [1.807, 2.05) is 6.92 Å². The summed E-state index contributed by atoms with van der Waals surface area (Å²) in [6.07, 6.45) is -0.407. The molecular formula is C7H14O3. The largest absolute Gasteiger partial charge is 0.390 e. The lowest BCUT2D eigenvalue weighted by Gasteiger charge is -2.30. The number of aliphatic hydroxyl groups excluding tert-OH is 2. The van der Waals surface area contributed by atoms with Crippen LogP contribution in [0.15, 0.2) is 0 Å². The normalized spacial score (nSPS) is 41.7. The summed E-state index contributed by atoms with van der Waals surface area (Å²) in [7, 11) is 0. The molecule has 0 saturated carbocycles. The maximum absolute atomic E-state index is 9.31. The first kappa shape index (κ1) is 7.98. The average Bonchev–Trinajstić information content (AvgIpc) is 1.95. The van der Waals surface area contributed by atoms with Crippen LogP contribution in [0.25, 0.3) is 0 Å². The molecule has 0 bridgehead atoms. The molecule has 0 aromatic heterocycles. The quantitative estimate of drug-likeness (QED) is 0.537. The van der Waals surface area contributed by atoms with Crippen molar-refractivity contribution in [1.82, 2.24) is 0 Å². The molecule has 1 saturated heterocycles. The van der Waals surface area contributed by atoms with E-state index in [0.717, 1.165) is 6.42 Å². The molecule has 0 aromatic rings. The van der Waals surface area contributed by atoms with Crippen LogP contribution in [0.4, 0.5) is 0 Å². The van der Waals surface area contributed by atoms with Crippen molar-refractivity contribution in [3.8, 4) is 0 Å². The Morgan fingerprint density at radius 2 is 2.10 bits per heavy atom. The summed E-state index contributed by atoms with van der Waals surface area (Å²) in [6.45, 7) is 2.84. The molecule has 3 atom stereocenters. The van der Waals surface area contributed by atoms with Gasteiger partial charge in [0.1, 0.15) is 6.10 Å². The third kappa shape index (κ3) is 1.48. The van der Waals surface area contributed by atoms with E-state index in [9.17, 15) is 5.11 Å². The minimum atomic E-state index is -0.682. The Bertz CT molecular complexity index is 105. The standard InChI is InChI=1S/C7H14O3/c1-2-5-3-10-4-6(8)7(5)9/h5-9H,2-4H2,1H3/t5-,6+,7-/m1/s1. The van der Waals surface area contributed by atoms with E-state index in [1.165, 1.54) is 0 Å². The number of aliphatic hydroxyl groups is 2. The molecule has 60 valence electrons. The summed E-state index contributed by atoms with van der Waals surface area (Å²) in [5.74, 6) is 0.115. The smallest absolute Gasteiger partial charge is 0.103 e. The van der Waals surface area contributed by atoms with E-state index in [0.29, 0.717) is 6.61 Å². The van der Waals surface area contributed by atoms with Gasteiger partial charge < -0.3 is 14.9 Å². The molecule has 0 aliphatic carbocycles. The second-order valence-corrected chi connectivity index (χ2v) is 2.76. The SMILES string of the molecule is CC[C@@H]1COC[C@H](O)[C@@H]1O. The van der Waals surface area contributed by atoms with Crippen molar-refractivity contribution in [3.05, 3.63) is 0 Å². The number of rotatable bonds is 1. The summed E-state index contributed by atoms with van der Waals surface area (Å²) in [6, 6.07) is 0. The molecule has 1 fully saturated rings. The maximum Gasteiger partial charge on any atom is 0.103 e. The molecular weight excluding hydrogens is 132 g/mol. The van der Waals surface area contributed by atoms with E-state index >= 15 is 0 Å². The van der Waals surface area contributed by atoms with E-state index in [-0.39, 0.29) is 12.5 Å². The van der Waals surface area contributed by atoms with Gasteiger partial charge in [0.2, 0.25) is 0 Å². The summed E-state index contributed by atoms with van der Waals surface area (Å²) < 4.78 is 5.05.